The molecular formula is C19H23F3N4O2S. The predicted octanol–water partition coefficient (Wildman–Crippen LogP) is 3.47. The molecule has 3 heterocycles. The van der Waals surface area contributed by atoms with Gasteiger partial charge in [-0.05, 0) is 25.0 Å². The van der Waals surface area contributed by atoms with Gasteiger partial charge in [0, 0.05) is 42.4 Å². The number of sulfonamides is 1. The van der Waals surface area contributed by atoms with E-state index in [4.69, 9.17) is 0 Å². The van der Waals surface area contributed by atoms with Gasteiger partial charge in [0.15, 0.2) is 0 Å². The Morgan fingerprint density at radius 1 is 1.10 bits per heavy atom. The van der Waals surface area contributed by atoms with Crippen molar-refractivity contribution < 1.29 is 21.6 Å². The van der Waals surface area contributed by atoms with Gasteiger partial charge in [-0.15, -0.1) is 0 Å². The van der Waals surface area contributed by atoms with Gasteiger partial charge >= 0.3 is 6.18 Å². The topological polar surface area (TPSA) is 59.7 Å². The number of alkyl halides is 3. The Labute approximate surface area is 167 Å². The van der Waals surface area contributed by atoms with E-state index >= 15 is 0 Å². The molecule has 0 atom stereocenters. The second kappa shape index (κ2) is 7.56. The number of anilines is 1. The van der Waals surface area contributed by atoms with Crippen LogP contribution in [0.3, 0.4) is 0 Å². The SMILES string of the molecule is O=S(=O)(CCC(F)(F)F)N1CCC(N2C=CN(c3cc4ccccc4[nH]3)C2)CC1. The molecule has 0 unspecified atom stereocenters. The normalized spacial score (nSPS) is 19.6. The van der Waals surface area contributed by atoms with E-state index in [1.165, 1.54) is 4.31 Å². The molecule has 1 N–H and O–H groups in total. The van der Waals surface area contributed by atoms with Gasteiger partial charge in [0.1, 0.15) is 5.82 Å². The van der Waals surface area contributed by atoms with Crippen molar-refractivity contribution in [2.45, 2.75) is 31.5 Å². The van der Waals surface area contributed by atoms with E-state index in [-0.39, 0.29) is 19.1 Å². The summed E-state index contributed by atoms with van der Waals surface area (Å²) in [7, 11) is -3.87. The summed E-state index contributed by atoms with van der Waals surface area (Å²) in [6.45, 7) is 1.15. The number of benzene rings is 1. The van der Waals surface area contributed by atoms with Gasteiger partial charge in [0.2, 0.25) is 10.0 Å². The van der Waals surface area contributed by atoms with Crippen LogP contribution in [-0.2, 0) is 10.0 Å². The Morgan fingerprint density at radius 2 is 1.83 bits per heavy atom. The molecule has 0 amide bonds. The molecule has 1 saturated heterocycles. The van der Waals surface area contributed by atoms with Crippen molar-refractivity contribution in [1.29, 1.82) is 0 Å². The minimum absolute atomic E-state index is 0.162. The maximum atomic E-state index is 12.4. The van der Waals surface area contributed by atoms with Gasteiger partial charge in [-0.3, -0.25) is 0 Å². The molecule has 0 spiro atoms. The monoisotopic (exact) mass is 428 g/mol. The van der Waals surface area contributed by atoms with Crippen LogP contribution in [0, 0.1) is 0 Å². The highest BCUT2D eigenvalue weighted by atomic mass is 32.2. The molecular weight excluding hydrogens is 405 g/mol. The van der Waals surface area contributed by atoms with Gasteiger partial charge in [0.25, 0.3) is 0 Å². The molecule has 1 fully saturated rings. The molecule has 2 aromatic rings. The van der Waals surface area contributed by atoms with Gasteiger partial charge in [-0.2, -0.15) is 13.2 Å². The lowest BCUT2D eigenvalue weighted by Gasteiger charge is -2.36. The second-order valence-electron chi connectivity index (χ2n) is 7.48. The lowest BCUT2D eigenvalue weighted by molar-refractivity contribution is -0.130. The van der Waals surface area contributed by atoms with Crippen LogP contribution >= 0.6 is 0 Å². The van der Waals surface area contributed by atoms with Crippen molar-refractivity contribution in [3.63, 3.8) is 0 Å². The molecule has 0 radical (unpaired) electrons. The number of fused-ring (bicyclic) bond motifs is 1. The minimum atomic E-state index is -4.46. The Morgan fingerprint density at radius 3 is 2.52 bits per heavy atom. The number of nitrogens with zero attached hydrogens (tertiary/aromatic N) is 3. The van der Waals surface area contributed by atoms with Crippen LogP contribution in [0.15, 0.2) is 42.7 Å². The molecule has 4 rings (SSSR count). The van der Waals surface area contributed by atoms with Gasteiger partial charge in [-0.1, -0.05) is 18.2 Å². The van der Waals surface area contributed by atoms with Crippen LogP contribution < -0.4 is 4.90 Å². The van der Waals surface area contributed by atoms with Gasteiger partial charge < -0.3 is 14.8 Å². The number of H-pyrrole nitrogens is 1. The fraction of sp³-hybridized carbons (Fsp3) is 0.474. The predicted molar refractivity (Wildman–Crippen MR) is 106 cm³/mol. The molecule has 6 nitrogen and oxygen atoms in total. The first kappa shape index (κ1) is 20.1. The van der Waals surface area contributed by atoms with E-state index in [2.05, 4.69) is 20.9 Å². The third-order valence-electron chi connectivity index (χ3n) is 5.51. The number of para-hydroxylation sites is 1. The summed E-state index contributed by atoms with van der Waals surface area (Å²) in [5, 5.41) is 1.13. The largest absolute Gasteiger partial charge is 0.390 e. The molecule has 0 aliphatic carbocycles. The summed E-state index contributed by atoms with van der Waals surface area (Å²) in [5.74, 6) is 0.107. The number of nitrogens with one attached hydrogen (secondary N) is 1. The average Bonchev–Trinajstić information content (AvgIpc) is 3.33. The van der Waals surface area contributed by atoms with Crippen LogP contribution in [0.2, 0.25) is 0 Å². The highest BCUT2D eigenvalue weighted by Gasteiger charge is 2.35. The molecule has 29 heavy (non-hydrogen) atoms. The van der Waals surface area contributed by atoms with Crippen molar-refractivity contribution in [2.75, 3.05) is 30.4 Å². The molecule has 0 bridgehead atoms. The van der Waals surface area contributed by atoms with Gasteiger partial charge in [0.05, 0.1) is 18.8 Å². The number of aromatic nitrogens is 1. The summed E-state index contributed by atoms with van der Waals surface area (Å²) in [6, 6.07) is 10.3. The number of aromatic amines is 1. The summed E-state index contributed by atoms with van der Waals surface area (Å²) in [6.07, 6.45) is -0.602. The lowest BCUT2D eigenvalue weighted by atomic mass is 10.1. The Balaban J connectivity index is 1.32. The molecule has 0 saturated carbocycles. The van der Waals surface area contributed by atoms with E-state index in [1.54, 1.807) is 0 Å². The Bertz CT molecular complexity index is 961. The third-order valence-corrected chi connectivity index (χ3v) is 7.38. The number of hydrogen-bond donors (Lipinski definition) is 1. The molecule has 1 aromatic heterocycles. The fourth-order valence-electron chi connectivity index (χ4n) is 3.87. The molecule has 10 heteroatoms. The maximum Gasteiger partial charge on any atom is 0.390 e. The van der Waals surface area contributed by atoms with Crippen molar-refractivity contribution >= 4 is 26.7 Å². The minimum Gasteiger partial charge on any atom is -0.355 e. The van der Waals surface area contributed by atoms with Crippen molar-refractivity contribution in [3.05, 3.63) is 42.7 Å². The summed E-state index contributed by atoms with van der Waals surface area (Å²) in [5.41, 5.74) is 1.06. The first-order chi connectivity index (χ1) is 13.7. The zero-order chi connectivity index (χ0) is 20.6. The van der Waals surface area contributed by atoms with Crippen LogP contribution in [0.25, 0.3) is 10.9 Å². The quantitative estimate of drug-likeness (QED) is 0.793. The van der Waals surface area contributed by atoms with E-state index in [1.807, 2.05) is 36.7 Å². The molecule has 2 aliphatic rings. The maximum absolute atomic E-state index is 12.4. The average molecular weight is 428 g/mol. The number of piperidine rings is 1. The summed E-state index contributed by atoms with van der Waals surface area (Å²) >= 11 is 0. The first-order valence-electron chi connectivity index (χ1n) is 9.54. The summed E-state index contributed by atoms with van der Waals surface area (Å²) in [4.78, 5) is 7.63. The van der Waals surface area contributed by atoms with Gasteiger partial charge in [-0.25, -0.2) is 12.7 Å². The highest BCUT2D eigenvalue weighted by Crippen LogP contribution is 2.28. The van der Waals surface area contributed by atoms with E-state index in [9.17, 15) is 21.6 Å². The van der Waals surface area contributed by atoms with Crippen LogP contribution in [0.5, 0.6) is 0 Å². The lowest BCUT2D eigenvalue weighted by Crippen LogP contribution is -2.46. The molecule has 158 valence electrons. The Hall–Kier alpha value is -2.20. The number of halogens is 3. The fourth-order valence-corrected chi connectivity index (χ4v) is 5.38. The molecule has 2 aliphatic heterocycles. The first-order valence-corrected chi connectivity index (χ1v) is 11.2. The zero-order valence-corrected chi connectivity index (χ0v) is 16.6. The second-order valence-corrected chi connectivity index (χ2v) is 9.57. The third kappa shape index (κ3) is 4.53. The summed E-state index contributed by atoms with van der Waals surface area (Å²) < 4.78 is 62.6. The Kier molecular flexibility index (Phi) is 5.24. The van der Waals surface area contributed by atoms with Crippen molar-refractivity contribution in [2.24, 2.45) is 0 Å². The zero-order valence-electron chi connectivity index (χ0n) is 15.8. The van der Waals surface area contributed by atoms with Crippen LogP contribution in [-0.4, -0.2) is 60.3 Å². The van der Waals surface area contributed by atoms with E-state index in [0.717, 1.165) is 16.7 Å². The van der Waals surface area contributed by atoms with Crippen molar-refractivity contribution in [1.82, 2.24) is 14.2 Å². The number of rotatable bonds is 5. The standard InChI is InChI=1S/C19H23F3N4O2S/c20-19(21,22)7-12-29(27,28)26-8-5-16(6-9-26)24-10-11-25(14-24)18-13-15-3-1-2-4-17(15)23-18/h1-4,10-11,13,16,23H,5-9,12,14H2. The highest BCUT2D eigenvalue weighted by molar-refractivity contribution is 7.89. The molecule has 1 aromatic carbocycles. The number of hydrogen-bond acceptors (Lipinski definition) is 4. The smallest absolute Gasteiger partial charge is 0.355 e. The van der Waals surface area contributed by atoms with Crippen LogP contribution in [0.4, 0.5) is 19.0 Å². The van der Waals surface area contributed by atoms with E-state index < -0.39 is 28.4 Å². The van der Waals surface area contributed by atoms with Crippen LogP contribution in [0.1, 0.15) is 19.3 Å². The van der Waals surface area contributed by atoms with E-state index in [0.29, 0.717) is 19.5 Å². The van der Waals surface area contributed by atoms with Crippen molar-refractivity contribution in [3.8, 4) is 0 Å².